The summed E-state index contributed by atoms with van der Waals surface area (Å²) in [5.74, 6) is 0. The smallest absolute Gasteiger partial charge is 0.0547 e. The van der Waals surface area contributed by atoms with Gasteiger partial charge < -0.3 is 10.1 Å². The third-order valence-electron chi connectivity index (χ3n) is 2.51. The Morgan fingerprint density at radius 3 is 2.71 bits per heavy atom. The third-order valence-corrected chi connectivity index (χ3v) is 2.51. The van der Waals surface area contributed by atoms with E-state index in [4.69, 9.17) is 4.74 Å². The van der Waals surface area contributed by atoms with Crippen molar-refractivity contribution in [2.45, 2.75) is 39.8 Å². The lowest BCUT2D eigenvalue weighted by molar-refractivity contribution is 0.0770. The molecule has 0 aliphatic rings. The molecule has 0 aliphatic carbocycles. The van der Waals surface area contributed by atoms with Gasteiger partial charge in [0.15, 0.2) is 0 Å². The maximum Gasteiger partial charge on any atom is 0.0547 e. The molecule has 0 aliphatic heterocycles. The minimum atomic E-state index is 0. The fourth-order valence-corrected chi connectivity index (χ4v) is 1.55. The highest BCUT2D eigenvalue weighted by atomic mass is 35.5. The molecule has 1 aromatic heterocycles. The van der Waals surface area contributed by atoms with Crippen LogP contribution in [-0.2, 0) is 18.3 Å². The molecule has 17 heavy (non-hydrogen) atoms. The van der Waals surface area contributed by atoms with Gasteiger partial charge in [-0.3, -0.25) is 4.68 Å². The quantitative estimate of drug-likeness (QED) is 0.764. The zero-order valence-electron chi connectivity index (χ0n) is 11.2. The minimum absolute atomic E-state index is 0. The van der Waals surface area contributed by atoms with Crippen LogP contribution in [0.2, 0.25) is 0 Å². The lowest BCUT2D eigenvalue weighted by Gasteiger charge is -2.08. The summed E-state index contributed by atoms with van der Waals surface area (Å²) in [6, 6.07) is 0. The van der Waals surface area contributed by atoms with Gasteiger partial charge in [-0.1, -0.05) is 0 Å². The largest absolute Gasteiger partial charge is 0.379 e. The summed E-state index contributed by atoms with van der Waals surface area (Å²) >= 11 is 0. The van der Waals surface area contributed by atoms with Crippen LogP contribution in [0, 0.1) is 6.92 Å². The Morgan fingerprint density at radius 1 is 1.47 bits per heavy atom. The highest BCUT2D eigenvalue weighted by Gasteiger charge is 2.02. The second-order valence-electron chi connectivity index (χ2n) is 4.35. The normalized spacial score (nSPS) is 10.6. The van der Waals surface area contributed by atoms with E-state index in [1.165, 1.54) is 11.3 Å². The Labute approximate surface area is 110 Å². The van der Waals surface area contributed by atoms with Gasteiger partial charge in [0.2, 0.25) is 0 Å². The van der Waals surface area contributed by atoms with Gasteiger partial charge in [0.25, 0.3) is 0 Å². The highest BCUT2D eigenvalue weighted by molar-refractivity contribution is 5.85. The Morgan fingerprint density at radius 2 is 2.18 bits per heavy atom. The molecule has 0 spiro atoms. The summed E-state index contributed by atoms with van der Waals surface area (Å²) in [7, 11) is 1.98. The third kappa shape index (κ3) is 6.05. The number of rotatable bonds is 7. The highest BCUT2D eigenvalue weighted by Crippen LogP contribution is 2.04. The molecule has 0 unspecified atom stereocenters. The number of hydrogen-bond acceptors (Lipinski definition) is 3. The molecule has 0 atom stereocenters. The van der Waals surface area contributed by atoms with Crippen molar-refractivity contribution < 1.29 is 4.74 Å². The molecule has 0 amide bonds. The van der Waals surface area contributed by atoms with Gasteiger partial charge in [0, 0.05) is 20.2 Å². The topological polar surface area (TPSA) is 39.1 Å². The standard InChI is InChI=1S/C12H23N3O.ClH/c1-10(2)16-7-5-6-13-9-12-11(3)8-14-15(12)4;/h8,10,13H,5-7,9H2,1-4H3;1H. The molecule has 1 rings (SSSR count). The van der Waals surface area contributed by atoms with Crippen LogP contribution in [-0.4, -0.2) is 29.0 Å². The van der Waals surface area contributed by atoms with Gasteiger partial charge >= 0.3 is 0 Å². The Hall–Kier alpha value is -0.580. The molecule has 0 saturated heterocycles. The minimum Gasteiger partial charge on any atom is -0.379 e. The molecule has 1 N–H and O–H groups in total. The molecular formula is C12H24ClN3O. The van der Waals surface area contributed by atoms with E-state index >= 15 is 0 Å². The van der Waals surface area contributed by atoms with E-state index in [1.54, 1.807) is 0 Å². The summed E-state index contributed by atoms with van der Waals surface area (Å²) in [5, 5.41) is 7.61. The van der Waals surface area contributed by atoms with E-state index in [0.29, 0.717) is 6.10 Å². The summed E-state index contributed by atoms with van der Waals surface area (Å²) in [4.78, 5) is 0. The van der Waals surface area contributed by atoms with Gasteiger partial charge in [-0.15, -0.1) is 12.4 Å². The van der Waals surface area contributed by atoms with Crippen LogP contribution in [0.25, 0.3) is 0 Å². The number of nitrogens with one attached hydrogen (secondary N) is 1. The average Bonchev–Trinajstić information content (AvgIpc) is 2.53. The predicted octanol–water partition coefficient (Wildman–Crippen LogP) is 2.06. The predicted molar refractivity (Wildman–Crippen MR) is 72.6 cm³/mol. The summed E-state index contributed by atoms with van der Waals surface area (Å²) < 4.78 is 7.39. The first-order valence-corrected chi connectivity index (χ1v) is 5.91. The molecule has 0 aromatic carbocycles. The van der Waals surface area contributed by atoms with E-state index in [0.717, 1.165) is 26.1 Å². The van der Waals surface area contributed by atoms with Crippen molar-refractivity contribution in [2.75, 3.05) is 13.2 Å². The number of hydrogen-bond donors (Lipinski definition) is 1. The van der Waals surface area contributed by atoms with Crippen molar-refractivity contribution in [3.05, 3.63) is 17.5 Å². The van der Waals surface area contributed by atoms with Crippen LogP contribution in [0.4, 0.5) is 0 Å². The van der Waals surface area contributed by atoms with E-state index in [1.807, 2.05) is 17.9 Å². The lowest BCUT2D eigenvalue weighted by atomic mass is 10.2. The summed E-state index contributed by atoms with van der Waals surface area (Å²) in [6.07, 6.45) is 3.29. The Balaban J connectivity index is 0.00000256. The van der Waals surface area contributed by atoms with Crippen molar-refractivity contribution in [1.82, 2.24) is 15.1 Å². The number of halogens is 1. The molecule has 0 saturated carbocycles. The molecule has 0 bridgehead atoms. The molecule has 0 fully saturated rings. The van der Waals surface area contributed by atoms with E-state index in [2.05, 4.69) is 31.2 Å². The number of nitrogens with zero attached hydrogens (tertiary/aromatic N) is 2. The average molecular weight is 262 g/mol. The summed E-state index contributed by atoms with van der Waals surface area (Å²) in [6.45, 7) is 8.90. The van der Waals surface area contributed by atoms with Gasteiger partial charge in [0.1, 0.15) is 0 Å². The van der Waals surface area contributed by atoms with E-state index < -0.39 is 0 Å². The lowest BCUT2D eigenvalue weighted by Crippen LogP contribution is -2.19. The SMILES string of the molecule is Cc1cnn(C)c1CNCCCOC(C)C.Cl. The Kier molecular flexibility index (Phi) is 8.21. The van der Waals surface area contributed by atoms with Crippen LogP contribution in [0.1, 0.15) is 31.5 Å². The fraction of sp³-hybridized carbons (Fsp3) is 0.750. The maximum absolute atomic E-state index is 5.47. The second kappa shape index (κ2) is 8.50. The van der Waals surface area contributed by atoms with Crippen LogP contribution in [0.3, 0.4) is 0 Å². The Bertz CT molecular complexity index is 293. The number of ether oxygens (including phenoxy) is 1. The molecule has 1 aromatic rings. The van der Waals surface area contributed by atoms with Gasteiger partial charge in [-0.25, -0.2) is 0 Å². The molecule has 4 nitrogen and oxygen atoms in total. The van der Waals surface area contributed by atoms with E-state index in [-0.39, 0.29) is 12.4 Å². The fourth-order valence-electron chi connectivity index (χ4n) is 1.55. The van der Waals surface area contributed by atoms with Crippen molar-refractivity contribution in [3.8, 4) is 0 Å². The molecule has 1 heterocycles. The maximum atomic E-state index is 5.47. The van der Waals surface area contributed by atoms with Crippen LogP contribution in [0.15, 0.2) is 6.20 Å². The first-order valence-electron chi connectivity index (χ1n) is 5.91. The second-order valence-corrected chi connectivity index (χ2v) is 4.35. The van der Waals surface area contributed by atoms with Crippen LogP contribution >= 0.6 is 12.4 Å². The molecule has 0 radical (unpaired) electrons. The van der Waals surface area contributed by atoms with Gasteiger partial charge in [0.05, 0.1) is 18.0 Å². The monoisotopic (exact) mass is 261 g/mol. The number of aromatic nitrogens is 2. The zero-order valence-corrected chi connectivity index (χ0v) is 12.0. The van der Waals surface area contributed by atoms with Crippen LogP contribution < -0.4 is 5.32 Å². The summed E-state index contributed by atoms with van der Waals surface area (Å²) in [5.41, 5.74) is 2.50. The van der Waals surface area contributed by atoms with Crippen LogP contribution in [0.5, 0.6) is 0 Å². The zero-order chi connectivity index (χ0) is 12.0. The van der Waals surface area contributed by atoms with Crippen molar-refractivity contribution >= 4 is 12.4 Å². The van der Waals surface area contributed by atoms with E-state index in [9.17, 15) is 0 Å². The molecule has 100 valence electrons. The van der Waals surface area contributed by atoms with Crippen molar-refractivity contribution in [1.29, 1.82) is 0 Å². The molecular weight excluding hydrogens is 238 g/mol. The first-order chi connectivity index (χ1) is 7.61. The first kappa shape index (κ1) is 16.4. The van der Waals surface area contributed by atoms with Crippen molar-refractivity contribution in [2.24, 2.45) is 7.05 Å². The van der Waals surface area contributed by atoms with Crippen molar-refractivity contribution in [3.63, 3.8) is 0 Å². The number of aryl methyl sites for hydroxylation is 2. The van der Waals surface area contributed by atoms with Gasteiger partial charge in [-0.05, 0) is 39.3 Å². The molecule has 5 heteroatoms. The van der Waals surface area contributed by atoms with Gasteiger partial charge in [-0.2, -0.15) is 5.10 Å².